The first-order valence-electron chi connectivity index (χ1n) is 6.95. The molecule has 2 N–H and O–H groups in total. The predicted octanol–water partition coefficient (Wildman–Crippen LogP) is 3.98. The maximum Gasteiger partial charge on any atom is 0.0420 e. The number of rotatable bonds is 6. The second-order valence-corrected chi connectivity index (χ2v) is 5.81. The number of nitrogens with two attached hydrogens (primary N) is 1. The lowest BCUT2D eigenvalue weighted by Gasteiger charge is -2.23. The lowest BCUT2D eigenvalue weighted by atomic mass is 10.1. The molecular formula is C17H21BrN2. The number of aryl methyl sites for hydroxylation is 1. The van der Waals surface area contributed by atoms with Gasteiger partial charge in [0.25, 0.3) is 0 Å². The highest BCUT2D eigenvalue weighted by atomic mass is 79.9. The van der Waals surface area contributed by atoms with Gasteiger partial charge < -0.3 is 10.6 Å². The van der Waals surface area contributed by atoms with Crippen LogP contribution >= 0.6 is 15.9 Å². The van der Waals surface area contributed by atoms with Crippen LogP contribution in [0.5, 0.6) is 0 Å². The van der Waals surface area contributed by atoms with E-state index in [9.17, 15) is 0 Å². The summed E-state index contributed by atoms with van der Waals surface area (Å²) in [4.78, 5) is 2.29. The Labute approximate surface area is 129 Å². The maximum atomic E-state index is 5.85. The monoisotopic (exact) mass is 332 g/mol. The standard InChI is InChI=1S/C17H21BrN2/c1-20(12-6-9-14-7-3-2-4-8-14)17-11-5-10-16(18)15(17)13-19/h2-5,7-8,10-11H,6,9,12-13,19H2,1H3. The molecular weight excluding hydrogens is 312 g/mol. The second-order valence-electron chi connectivity index (χ2n) is 4.95. The van der Waals surface area contributed by atoms with Crippen molar-refractivity contribution in [3.05, 3.63) is 64.1 Å². The number of hydrogen-bond donors (Lipinski definition) is 1. The lowest BCUT2D eigenvalue weighted by Crippen LogP contribution is -2.21. The smallest absolute Gasteiger partial charge is 0.0420 e. The van der Waals surface area contributed by atoms with E-state index in [-0.39, 0.29) is 0 Å². The Morgan fingerprint density at radius 3 is 2.50 bits per heavy atom. The molecule has 20 heavy (non-hydrogen) atoms. The third-order valence-electron chi connectivity index (χ3n) is 3.51. The Bertz CT molecular complexity index is 540. The fourth-order valence-electron chi connectivity index (χ4n) is 2.39. The molecule has 3 heteroatoms. The summed E-state index contributed by atoms with van der Waals surface area (Å²) in [6.07, 6.45) is 2.24. The summed E-state index contributed by atoms with van der Waals surface area (Å²) in [5, 5.41) is 0. The van der Waals surface area contributed by atoms with Gasteiger partial charge >= 0.3 is 0 Å². The van der Waals surface area contributed by atoms with Crippen molar-refractivity contribution in [2.45, 2.75) is 19.4 Å². The first kappa shape index (κ1) is 15.1. The molecule has 2 aromatic carbocycles. The summed E-state index contributed by atoms with van der Waals surface area (Å²) in [5.74, 6) is 0. The number of halogens is 1. The van der Waals surface area contributed by atoms with Crippen LogP contribution in [0.4, 0.5) is 5.69 Å². The van der Waals surface area contributed by atoms with Crippen LogP contribution in [0.15, 0.2) is 53.0 Å². The maximum absolute atomic E-state index is 5.85. The normalized spacial score (nSPS) is 10.6. The third kappa shape index (κ3) is 3.84. The first-order valence-corrected chi connectivity index (χ1v) is 7.74. The van der Waals surface area contributed by atoms with E-state index in [1.54, 1.807) is 0 Å². The molecule has 2 nitrogen and oxygen atoms in total. The van der Waals surface area contributed by atoms with Crippen LogP contribution in [0.25, 0.3) is 0 Å². The Kier molecular flexibility index (Phi) is 5.62. The van der Waals surface area contributed by atoms with Crippen LogP contribution in [0.1, 0.15) is 17.5 Å². The molecule has 0 aliphatic heterocycles. The molecule has 0 bridgehead atoms. The highest BCUT2D eigenvalue weighted by Crippen LogP contribution is 2.26. The van der Waals surface area contributed by atoms with E-state index >= 15 is 0 Å². The third-order valence-corrected chi connectivity index (χ3v) is 4.25. The summed E-state index contributed by atoms with van der Waals surface area (Å²) >= 11 is 3.57. The summed E-state index contributed by atoms with van der Waals surface area (Å²) < 4.78 is 1.09. The molecule has 0 amide bonds. The molecule has 0 heterocycles. The van der Waals surface area contributed by atoms with Crippen molar-refractivity contribution in [3.8, 4) is 0 Å². The number of hydrogen-bond acceptors (Lipinski definition) is 2. The average Bonchev–Trinajstić information content (AvgIpc) is 2.48. The molecule has 106 valence electrons. The second kappa shape index (κ2) is 7.46. The van der Waals surface area contributed by atoms with Gasteiger partial charge in [-0.3, -0.25) is 0 Å². The van der Waals surface area contributed by atoms with Crippen molar-refractivity contribution in [1.82, 2.24) is 0 Å². The zero-order valence-electron chi connectivity index (χ0n) is 11.8. The van der Waals surface area contributed by atoms with Gasteiger partial charge in [0.15, 0.2) is 0 Å². The van der Waals surface area contributed by atoms with Gasteiger partial charge in [0, 0.05) is 35.9 Å². The molecule has 0 spiro atoms. The number of nitrogens with zero attached hydrogens (tertiary/aromatic N) is 1. The van der Waals surface area contributed by atoms with Crippen molar-refractivity contribution in [3.63, 3.8) is 0 Å². The van der Waals surface area contributed by atoms with Crippen LogP contribution < -0.4 is 10.6 Å². The quantitative estimate of drug-likeness (QED) is 0.866. The van der Waals surface area contributed by atoms with E-state index in [0.717, 1.165) is 23.9 Å². The number of anilines is 1. The SMILES string of the molecule is CN(CCCc1ccccc1)c1cccc(Br)c1CN. The van der Waals surface area contributed by atoms with E-state index in [0.29, 0.717) is 6.54 Å². The molecule has 0 atom stereocenters. The summed E-state index contributed by atoms with van der Waals surface area (Å²) in [7, 11) is 2.13. The van der Waals surface area contributed by atoms with Crippen LogP contribution in [-0.4, -0.2) is 13.6 Å². The minimum atomic E-state index is 0.555. The van der Waals surface area contributed by atoms with E-state index in [1.807, 2.05) is 6.07 Å². The van der Waals surface area contributed by atoms with E-state index in [2.05, 4.69) is 70.3 Å². The fraction of sp³-hybridized carbons (Fsp3) is 0.294. The zero-order valence-corrected chi connectivity index (χ0v) is 13.4. The van der Waals surface area contributed by atoms with Crippen LogP contribution in [-0.2, 0) is 13.0 Å². The largest absolute Gasteiger partial charge is 0.374 e. The van der Waals surface area contributed by atoms with E-state index in [1.165, 1.54) is 16.8 Å². The molecule has 0 saturated carbocycles. The Hall–Kier alpha value is -1.32. The van der Waals surface area contributed by atoms with Crippen molar-refractivity contribution in [2.75, 3.05) is 18.5 Å². The molecule has 2 rings (SSSR count). The van der Waals surface area contributed by atoms with Gasteiger partial charge in [0.2, 0.25) is 0 Å². The molecule has 0 aliphatic rings. The topological polar surface area (TPSA) is 29.3 Å². The minimum Gasteiger partial charge on any atom is -0.374 e. The summed E-state index contributed by atoms with van der Waals surface area (Å²) in [6.45, 7) is 1.58. The van der Waals surface area contributed by atoms with Gasteiger partial charge in [-0.15, -0.1) is 0 Å². The molecule has 0 aliphatic carbocycles. The van der Waals surface area contributed by atoms with Crippen molar-refractivity contribution < 1.29 is 0 Å². The van der Waals surface area contributed by atoms with Crippen molar-refractivity contribution in [1.29, 1.82) is 0 Å². The molecule has 0 aromatic heterocycles. The molecule has 0 radical (unpaired) electrons. The van der Waals surface area contributed by atoms with Crippen LogP contribution in [0, 0.1) is 0 Å². The highest BCUT2D eigenvalue weighted by Gasteiger charge is 2.08. The Morgan fingerprint density at radius 2 is 1.80 bits per heavy atom. The minimum absolute atomic E-state index is 0.555. The summed E-state index contributed by atoms with van der Waals surface area (Å²) in [6, 6.07) is 16.9. The van der Waals surface area contributed by atoms with Crippen molar-refractivity contribution >= 4 is 21.6 Å². The van der Waals surface area contributed by atoms with E-state index < -0.39 is 0 Å². The van der Waals surface area contributed by atoms with Gasteiger partial charge in [0.05, 0.1) is 0 Å². The molecule has 0 unspecified atom stereocenters. The fourth-order valence-corrected chi connectivity index (χ4v) is 2.91. The van der Waals surface area contributed by atoms with Crippen molar-refractivity contribution in [2.24, 2.45) is 5.73 Å². The van der Waals surface area contributed by atoms with Gasteiger partial charge in [0.1, 0.15) is 0 Å². The summed E-state index contributed by atoms with van der Waals surface area (Å²) in [5.41, 5.74) is 9.64. The highest BCUT2D eigenvalue weighted by molar-refractivity contribution is 9.10. The lowest BCUT2D eigenvalue weighted by molar-refractivity contribution is 0.781. The average molecular weight is 333 g/mol. The molecule has 2 aromatic rings. The van der Waals surface area contributed by atoms with Crippen LogP contribution in [0.3, 0.4) is 0 Å². The molecule has 0 saturated heterocycles. The first-order chi connectivity index (χ1) is 9.72. The molecule has 0 fully saturated rings. The number of benzene rings is 2. The zero-order chi connectivity index (χ0) is 14.4. The van der Waals surface area contributed by atoms with Gasteiger partial charge in [-0.2, -0.15) is 0 Å². The van der Waals surface area contributed by atoms with Gasteiger partial charge in [-0.1, -0.05) is 52.3 Å². The predicted molar refractivity (Wildman–Crippen MR) is 90.1 cm³/mol. The van der Waals surface area contributed by atoms with Gasteiger partial charge in [-0.25, -0.2) is 0 Å². The van der Waals surface area contributed by atoms with Crippen LogP contribution in [0.2, 0.25) is 0 Å². The van der Waals surface area contributed by atoms with Gasteiger partial charge in [-0.05, 0) is 30.5 Å². The van der Waals surface area contributed by atoms with E-state index in [4.69, 9.17) is 5.73 Å². The Balaban J connectivity index is 1.95. The Morgan fingerprint density at radius 1 is 1.05 bits per heavy atom.